The van der Waals surface area contributed by atoms with Gasteiger partial charge in [-0.3, -0.25) is 0 Å². The Labute approximate surface area is 109 Å². The standard InChI is InChI=1S/C15H16N2.CH4/c1-2-5-11-6-3-4-7-13(11)14-10-12(16)8-9-15(14)17;/h2-4,6-10H,1,5,16-17H2;1H4. The molecule has 0 unspecified atom stereocenters. The predicted molar refractivity (Wildman–Crippen MR) is 81.3 cm³/mol. The molecule has 0 aliphatic carbocycles. The van der Waals surface area contributed by atoms with E-state index in [9.17, 15) is 0 Å². The molecule has 2 aromatic carbocycles. The molecule has 0 saturated heterocycles. The molecule has 0 heterocycles. The smallest absolute Gasteiger partial charge is 0.0395 e. The van der Waals surface area contributed by atoms with Crippen molar-refractivity contribution in [3.63, 3.8) is 0 Å². The lowest BCUT2D eigenvalue weighted by molar-refractivity contribution is 1.28. The molecule has 0 atom stereocenters. The molecule has 0 aliphatic rings. The van der Waals surface area contributed by atoms with Crippen molar-refractivity contribution in [1.29, 1.82) is 0 Å². The van der Waals surface area contributed by atoms with E-state index < -0.39 is 0 Å². The van der Waals surface area contributed by atoms with E-state index in [4.69, 9.17) is 11.5 Å². The third-order valence-electron chi connectivity index (χ3n) is 2.75. The molecule has 2 aromatic rings. The summed E-state index contributed by atoms with van der Waals surface area (Å²) in [6, 6.07) is 13.7. The molecule has 0 radical (unpaired) electrons. The van der Waals surface area contributed by atoms with E-state index in [1.54, 1.807) is 0 Å². The van der Waals surface area contributed by atoms with Gasteiger partial charge in [-0.1, -0.05) is 37.8 Å². The summed E-state index contributed by atoms with van der Waals surface area (Å²) in [6.07, 6.45) is 2.71. The Morgan fingerprint density at radius 2 is 1.72 bits per heavy atom. The zero-order valence-electron chi connectivity index (χ0n) is 9.69. The minimum absolute atomic E-state index is 0. The quantitative estimate of drug-likeness (QED) is 0.632. The van der Waals surface area contributed by atoms with Crippen LogP contribution in [-0.2, 0) is 6.42 Å². The van der Waals surface area contributed by atoms with Gasteiger partial charge >= 0.3 is 0 Å². The average molecular weight is 240 g/mol. The number of nitrogens with two attached hydrogens (primary N) is 2. The van der Waals surface area contributed by atoms with Gasteiger partial charge in [0, 0.05) is 16.9 Å². The maximum atomic E-state index is 6.01. The normalized spacial score (nSPS) is 9.56. The first-order valence-corrected chi connectivity index (χ1v) is 5.56. The summed E-state index contributed by atoms with van der Waals surface area (Å²) in [5.41, 5.74) is 16.6. The summed E-state index contributed by atoms with van der Waals surface area (Å²) in [6.45, 7) is 3.77. The summed E-state index contributed by atoms with van der Waals surface area (Å²) in [5, 5.41) is 0. The zero-order chi connectivity index (χ0) is 12.3. The van der Waals surface area contributed by atoms with Crippen molar-refractivity contribution in [1.82, 2.24) is 0 Å². The first kappa shape index (κ1) is 13.8. The van der Waals surface area contributed by atoms with Gasteiger partial charge in [0.15, 0.2) is 0 Å². The van der Waals surface area contributed by atoms with E-state index in [0.29, 0.717) is 0 Å². The van der Waals surface area contributed by atoms with E-state index in [1.807, 2.05) is 36.4 Å². The fraction of sp³-hybridized carbons (Fsp3) is 0.125. The maximum absolute atomic E-state index is 6.01. The van der Waals surface area contributed by atoms with Gasteiger partial charge in [-0.05, 0) is 35.7 Å². The SMILES string of the molecule is C.C=CCc1ccccc1-c1cc(N)ccc1N. The Morgan fingerprint density at radius 1 is 1.00 bits per heavy atom. The number of benzene rings is 2. The molecule has 2 rings (SSSR count). The van der Waals surface area contributed by atoms with Crippen LogP contribution in [0.2, 0.25) is 0 Å². The van der Waals surface area contributed by atoms with E-state index in [1.165, 1.54) is 5.56 Å². The molecule has 94 valence electrons. The molecule has 0 fully saturated rings. The summed E-state index contributed by atoms with van der Waals surface area (Å²) < 4.78 is 0. The highest BCUT2D eigenvalue weighted by Crippen LogP contribution is 2.30. The average Bonchev–Trinajstić information content (AvgIpc) is 2.34. The summed E-state index contributed by atoms with van der Waals surface area (Å²) in [5.74, 6) is 0. The number of hydrogen-bond donors (Lipinski definition) is 2. The van der Waals surface area contributed by atoms with Crippen LogP contribution in [0.25, 0.3) is 11.1 Å². The highest BCUT2D eigenvalue weighted by atomic mass is 14.6. The lowest BCUT2D eigenvalue weighted by Gasteiger charge is -2.11. The molecular formula is C16H20N2. The van der Waals surface area contributed by atoms with Crippen LogP contribution in [0, 0.1) is 0 Å². The zero-order valence-corrected chi connectivity index (χ0v) is 9.69. The Hall–Kier alpha value is -2.22. The van der Waals surface area contributed by atoms with Crippen molar-refractivity contribution in [3.8, 4) is 11.1 Å². The monoisotopic (exact) mass is 240 g/mol. The molecule has 0 aliphatic heterocycles. The Bertz CT molecular complexity index is 545. The number of hydrogen-bond acceptors (Lipinski definition) is 2. The van der Waals surface area contributed by atoms with Crippen molar-refractivity contribution in [3.05, 3.63) is 60.7 Å². The third-order valence-corrected chi connectivity index (χ3v) is 2.75. The lowest BCUT2D eigenvalue weighted by Crippen LogP contribution is -1.95. The van der Waals surface area contributed by atoms with Crippen LogP contribution in [0.5, 0.6) is 0 Å². The van der Waals surface area contributed by atoms with Crippen molar-refractivity contribution < 1.29 is 0 Å². The van der Waals surface area contributed by atoms with Gasteiger partial charge in [-0.2, -0.15) is 0 Å². The highest BCUT2D eigenvalue weighted by molar-refractivity contribution is 5.81. The number of rotatable bonds is 3. The molecular weight excluding hydrogens is 220 g/mol. The fourth-order valence-electron chi connectivity index (χ4n) is 1.92. The highest BCUT2D eigenvalue weighted by Gasteiger charge is 2.07. The Morgan fingerprint density at radius 3 is 2.44 bits per heavy atom. The maximum Gasteiger partial charge on any atom is 0.0395 e. The second-order valence-corrected chi connectivity index (χ2v) is 4.00. The predicted octanol–water partition coefficient (Wildman–Crippen LogP) is 3.88. The van der Waals surface area contributed by atoms with Gasteiger partial charge < -0.3 is 11.5 Å². The van der Waals surface area contributed by atoms with Crippen LogP contribution < -0.4 is 11.5 Å². The third kappa shape index (κ3) is 2.72. The van der Waals surface area contributed by atoms with Gasteiger partial charge in [-0.15, -0.1) is 6.58 Å². The van der Waals surface area contributed by atoms with Crippen LogP contribution in [0.1, 0.15) is 13.0 Å². The minimum Gasteiger partial charge on any atom is -0.399 e. The van der Waals surface area contributed by atoms with E-state index in [-0.39, 0.29) is 7.43 Å². The van der Waals surface area contributed by atoms with Gasteiger partial charge in [0.25, 0.3) is 0 Å². The first-order chi connectivity index (χ1) is 8.22. The van der Waals surface area contributed by atoms with Gasteiger partial charge in [0.2, 0.25) is 0 Å². The van der Waals surface area contributed by atoms with E-state index in [2.05, 4.69) is 18.7 Å². The number of nitrogen functional groups attached to an aromatic ring is 2. The van der Waals surface area contributed by atoms with Gasteiger partial charge in [-0.25, -0.2) is 0 Å². The summed E-state index contributed by atoms with van der Waals surface area (Å²) >= 11 is 0. The van der Waals surface area contributed by atoms with Crippen LogP contribution in [0.4, 0.5) is 11.4 Å². The van der Waals surface area contributed by atoms with Crippen molar-refractivity contribution >= 4 is 11.4 Å². The Balaban J connectivity index is 0.00000162. The molecule has 0 bridgehead atoms. The first-order valence-electron chi connectivity index (χ1n) is 5.56. The molecule has 2 heteroatoms. The molecule has 4 N–H and O–H groups in total. The Kier molecular flexibility index (Phi) is 4.55. The van der Waals surface area contributed by atoms with Crippen LogP contribution in [-0.4, -0.2) is 0 Å². The number of anilines is 2. The van der Waals surface area contributed by atoms with E-state index >= 15 is 0 Å². The molecule has 0 aromatic heterocycles. The second kappa shape index (κ2) is 5.92. The van der Waals surface area contributed by atoms with Crippen molar-refractivity contribution in [2.45, 2.75) is 13.8 Å². The molecule has 0 amide bonds. The second-order valence-electron chi connectivity index (χ2n) is 4.00. The molecule has 0 saturated carbocycles. The molecule has 18 heavy (non-hydrogen) atoms. The minimum atomic E-state index is 0. The van der Waals surface area contributed by atoms with Gasteiger partial charge in [0.05, 0.1) is 0 Å². The van der Waals surface area contributed by atoms with E-state index in [0.717, 1.165) is 28.9 Å². The van der Waals surface area contributed by atoms with Crippen molar-refractivity contribution in [2.24, 2.45) is 0 Å². The van der Waals surface area contributed by atoms with Crippen LogP contribution >= 0.6 is 0 Å². The topological polar surface area (TPSA) is 52.0 Å². The van der Waals surface area contributed by atoms with Crippen LogP contribution in [0.3, 0.4) is 0 Å². The largest absolute Gasteiger partial charge is 0.399 e. The van der Waals surface area contributed by atoms with Crippen LogP contribution in [0.15, 0.2) is 55.1 Å². The lowest BCUT2D eigenvalue weighted by atomic mass is 9.96. The summed E-state index contributed by atoms with van der Waals surface area (Å²) in [4.78, 5) is 0. The summed E-state index contributed by atoms with van der Waals surface area (Å²) in [7, 11) is 0. The molecule has 2 nitrogen and oxygen atoms in total. The fourth-order valence-corrected chi connectivity index (χ4v) is 1.92. The molecule has 0 spiro atoms. The van der Waals surface area contributed by atoms with Crippen molar-refractivity contribution in [2.75, 3.05) is 11.5 Å². The number of allylic oxidation sites excluding steroid dienone is 1. The van der Waals surface area contributed by atoms with Gasteiger partial charge in [0.1, 0.15) is 0 Å².